The van der Waals surface area contributed by atoms with Gasteiger partial charge in [0.15, 0.2) is 12.3 Å². The van der Waals surface area contributed by atoms with E-state index in [4.69, 9.17) is 9.15 Å². The van der Waals surface area contributed by atoms with Crippen molar-refractivity contribution >= 4 is 64.6 Å². The fourth-order valence-corrected chi connectivity index (χ4v) is 6.54. The van der Waals surface area contributed by atoms with Crippen LogP contribution in [-0.2, 0) is 26.8 Å². The van der Waals surface area contributed by atoms with E-state index in [1.807, 2.05) is 101 Å². The van der Waals surface area contributed by atoms with E-state index in [0.717, 1.165) is 38.3 Å². The Labute approximate surface area is 274 Å². The molecule has 0 fully saturated rings. The summed E-state index contributed by atoms with van der Waals surface area (Å²) < 4.78 is 81.2. The highest BCUT2D eigenvalue weighted by atomic mass is 32.2. The highest BCUT2D eigenvalue weighted by Crippen LogP contribution is 2.42. The van der Waals surface area contributed by atoms with Crippen molar-refractivity contribution in [1.82, 2.24) is 0 Å². The smallest absolute Gasteiger partial charge is 0.374 e. The Morgan fingerprint density at radius 2 is 1.43 bits per heavy atom. The van der Waals surface area contributed by atoms with Crippen LogP contribution in [0.1, 0.15) is 45.9 Å². The van der Waals surface area contributed by atoms with E-state index >= 15 is 0 Å². The molecule has 246 valence electrons. The summed E-state index contributed by atoms with van der Waals surface area (Å²) in [7, 11) is -8.43. The maximum atomic E-state index is 11.8. The molecule has 0 aliphatic carbocycles. The van der Waals surface area contributed by atoms with Crippen molar-refractivity contribution < 1.29 is 39.7 Å². The first-order chi connectivity index (χ1) is 22.3. The second kappa shape index (κ2) is 12.8. The number of aromatic nitrogens is 1. The second-order valence-corrected chi connectivity index (χ2v) is 15.6. The van der Waals surface area contributed by atoms with E-state index < -0.39 is 30.7 Å². The minimum Gasteiger partial charge on any atom is -0.439 e. The number of benzene rings is 4. The Balaban J connectivity index is 1.43. The molecule has 10 nitrogen and oxygen atoms in total. The van der Waals surface area contributed by atoms with Gasteiger partial charge in [0.1, 0.15) is 0 Å². The molecule has 2 unspecified atom stereocenters. The fraction of sp³-hybridized carbons (Fsp3) is 0.286. The fourth-order valence-electron chi connectivity index (χ4n) is 5.73. The van der Waals surface area contributed by atoms with E-state index in [2.05, 4.69) is 0 Å². The predicted molar refractivity (Wildman–Crippen MR) is 183 cm³/mol. The van der Waals surface area contributed by atoms with Gasteiger partial charge in [-0.2, -0.15) is 21.4 Å². The standard InChI is InChI=1S/C35H36N2O8S2/c1-4-25(17-34-36(15-13-23(2)46(38,39)40)30-19-26-9-5-7-11-28(26)21-32(30)44-34)18-35-37(16-14-24(3)47(41,42)43)31-20-27-10-6-8-12-29(27)22-33(31)45-35/h5-12,17-24H,4,13-16H2,1-3H3,(H-,38,39,40,41,42,43)/p+1. The van der Waals surface area contributed by atoms with Crippen LogP contribution in [0.3, 0.4) is 0 Å². The van der Waals surface area contributed by atoms with Crippen LogP contribution in [0.5, 0.6) is 5.75 Å². The third kappa shape index (κ3) is 6.91. The summed E-state index contributed by atoms with van der Waals surface area (Å²) in [6, 6.07) is 23.7. The third-order valence-electron chi connectivity index (χ3n) is 8.76. The third-order valence-corrected chi connectivity index (χ3v) is 11.3. The zero-order valence-electron chi connectivity index (χ0n) is 26.3. The molecule has 6 rings (SSSR count). The number of hydrogen-bond acceptors (Lipinski definition) is 7. The quantitative estimate of drug-likeness (QED) is 0.113. The Bertz CT molecular complexity index is 2270. The summed E-state index contributed by atoms with van der Waals surface area (Å²) >= 11 is 0. The van der Waals surface area contributed by atoms with Gasteiger partial charge in [0.05, 0.1) is 22.3 Å². The molecule has 12 heteroatoms. The highest BCUT2D eigenvalue weighted by molar-refractivity contribution is 7.86. The molecule has 4 aromatic carbocycles. The lowest BCUT2D eigenvalue weighted by Gasteiger charge is -2.20. The summed E-state index contributed by atoms with van der Waals surface area (Å²) in [6.45, 7) is 5.49. The number of fused-ring (bicyclic) bond motifs is 4. The summed E-state index contributed by atoms with van der Waals surface area (Å²) in [6.07, 6.45) is 4.69. The molecule has 2 N–H and O–H groups in total. The van der Waals surface area contributed by atoms with Crippen molar-refractivity contribution in [2.45, 2.75) is 57.1 Å². The zero-order chi connectivity index (χ0) is 33.5. The molecule has 2 heterocycles. The first-order valence-electron chi connectivity index (χ1n) is 15.5. The first kappa shape index (κ1) is 32.7. The van der Waals surface area contributed by atoms with E-state index in [-0.39, 0.29) is 25.9 Å². The van der Waals surface area contributed by atoms with Crippen molar-refractivity contribution in [2.24, 2.45) is 0 Å². The van der Waals surface area contributed by atoms with Crippen LogP contribution in [0, 0.1) is 0 Å². The van der Waals surface area contributed by atoms with Crippen LogP contribution in [0.4, 0.5) is 5.69 Å². The molecule has 0 amide bonds. The van der Waals surface area contributed by atoms with Crippen molar-refractivity contribution in [3.63, 3.8) is 0 Å². The Hall–Kier alpha value is -4.23. The molecule has 5 aromatic rings. The van der Waals surface area contributed by atoms with Crippen LogP contribution >= 0.6 is 0 Å². The molecule has 0 bridgehead atoms. The van der Waals surface area contributed by atoms with Crippen LogP contribution in [-0.4, -0.2) is 43.0 Å². The van der Waals surface area contributed by atoms with Crippen LogP contribution in [0.2, 0.25) is 0 Å². The van der Waals surface area contributed by atoms with E-state index in [1.165, 1.54) is 13.8 Å². The van der Waals surface area contributed by atoms with Gasteiger partial charge in [-0.15, -0.1) is 0 Å². The SMILES string of the molecule is CCC(=Cc1oc2cc3ccccc3cc2[n+]1CCC(C)S(=O)(=O)O)C=C1Oc2cc3ccccc3cc2N1CCC(C)S(=O)(=O)O. The minimum atomic E-state index is -4.21. The van der Waals surface area contributed by atoms with Gasteiger partial charge in [-0.3, -0.25) is 9.11 Å². The predicted octanol–water partition coefficient (Wildman–Crippen LogP) is 6.89. The van der Waals surface area contributed by atoms with E-state index in [1.54, 1.807) is 0 Å². The van der Waals surface area contributed by atoms with Gasteiger partial charge in [0.2, 0.25) is 11.5 Å². The number of anilines is 1. The van der Waals surface area contributed by atoms with Gasteiger partial charge in [0, 0.05) is 25.1 Å². The monoisotopic (exact) mass is 677 g/mol. The molecule has 0 spiro atoms. The maximum absolute atomic E-state index is 11.8. The topological polar surface area (TPSA) is 138 Å². The number of allylic oxidation sites excluding steroid dienone is 2. The van der Waals surface area contributed by atoms with Crippen molar-refractivity contribution in [3.8, 4) is 5.75 Å². The summed E-state index contributed by atoms with van der Waals surface area (Å²) in [4.78, 5) is 1.92. The van der Waals surface area contributed by atoms with Crippen molar-refractivity contribution in [1.29, 1.82) is 0 Å². The number of aryl methyl sites for hydroxylation is 1. The second-order valence-electron chi connectivity index (χ2n) is 12.0. The van der Waals surface area contributed by atoms with Crippen LogP contribution in [0.15, 0.2) is 94.7 Å². The molecule has 0 saturated carbocycles. The molecule has 0 radical (unpaired) electrons. The van der Waals surface area contributed by atoms with Gasteiger partial charge in [-0.1, -0.05) is 55.5 Å². The van der Waals surface area contributed by atoms with Gasteiger partial charge in [-0.25, -0.2) is 0 Å². The number of hydrogen-bond donors (Lipinski definition) is 2. The lowest BCUT2D eigenvalue weighted by molar-refractivity contribution is -0.678. The number of ether oxygens (including phenoxy) is 1. The van der Waals surface area contributed by atoms with E-state index in [0.29, 0.717) is 29.5 Å². The summed E-state index contributed by atoms with van der Waals surface area (Å²) in [5.41, 5.74) is 3.05. The van der Waals surface area contributed by atoms with Crippen LogP contribution < -0.4 is 14.2 Å². The molecular formula is C35H37N2O8S2+. The minimum absolute atomic E-state index is 0.167. The molecule has 1 aliphatic rings. The van der Waals surface area contributed by atoms with Crippen LogP contribution in [0.25, 0.3) is 38.7 Å². The van der Waals surface area contributed by atoms with Crippen molar-refractivity contribution in [2.75, 3.05) is 11.4 Å². The Morgan fingerprint density at radius 3 is 2.04 bits per heavy atom. The number of nitrogens with zero attached hydrogens (tertiary/aromatic N) is 2. The normalized spacial score (nSPS) is 16.2. The molecule has 1 aromatic heterocycles. The number of rotatable bonds is 11. The lowest BCUT2D eigenvalue weighted by Crippen LogP contribution is -2.37. The summed E-state index contributed by atoms with van der Waals surface area (Å²) in [5.74, 6) is 1.63. The lowest BCUT2D eigenvalue weighted by atomic mass is 10.1. The van der Waals surface area contributed by atoms with Gasteiger partial charge >= 0.3 is 5.89 Å². The van der Waals surface area contributed by atoms with Crippen molar-refractivity contribution in [3.05, 3.63) is 96.2 Å². The molecule has 2 atom stereocenters. The average molecular weight is 678 g/mol. The first-order valence-corrected chi connectivity index (χ1v) is 18.5. The maximum Gasteiger partial charge on any atom is 0.374 e. The Morgan fingerprint density at radius 1 is 0.851 bits per heavy atom. The average Bonchev–Trinajstić information content (AvgIpc) is 3.53. The number of oxazole rings is 1. The summed E-state index contributed by atoms with van der Waals surface area (Å²) in [5, 5.41) is 2.07. The molecular weight excluding hydrogens is 641 g/mol. The zero-order valence-corrected chi connectivity index (χ0v) is 28.0. The largest absolute Gasteiger partial charge is 0.439 e. The van der Waals surface area contributed by atoms with Gasteiger partial charge in [-0.05, 0) is 72.0 Å². The molecule has 47 heavy (non-hydrogen) atoms. The molecule has 1 aliphatic heterocycles. The molecule has 0 saturated heterocycles. The highest BCUT2D eigenvalue weighted by Gasteiger charge is 2.30. The van der Waals surface area contributed by atoms with Gasteiger partial charge in [0.25, 0.3) is 25.8 Å². The Kier molecular flexibility index (Phi) is 8.88. The van der Waals surface area contributed by atoms with E-state index in [9.17, 15) is 25.9 Å². The van der Waals surface area contributed by atoms with Gasteiger partial charge < -0.3 is 14.1 Å².